The van der Waals surface area contributed by atoms with Gasteiger partial charge < -0.3 is 34.0 Å². The Bertz CT molecular complexity index is 1360. The van der Waals surface area contributed by atoms with Gasteiger partial charge in [0, 0.05) is 33.3 Å². The monoisotopic (exact) mass is 574 g/mol. The van der Waals surface area contributed by atoms with Gasteiger partial charge in [-0.2, -0.15) is 0 Å². The molecule has 10 nitrogen and oxygen atoms in total. The van der Waals surface area contributed by atoms with Crippen molar-refractivity contribution in [3.05, 3.63) is 35.4 Å². The third-order valence-electron chi connectivity index (χ3n) is 7.97. The number of carbonyl (C=O) groups is 2. The lowest BCUT2D eigenvalue weighted by molar-refractivity contribution is 0.000863. The van der Waals surface area contributed by atoms with Crippen LogP contribution in [0.15, 0.2) is 18.2 Å². The SMILES string of the molecule is COC1CCN(c2nc(-c3c(O)cccc3F)c(F)c3c2C(=O)N2CCN(C(=O)OC(C)(C)C)C[C@@H]2CO3)C1(C)C. The van der Waals surface area contributed by atoms with Crippen LogP contribution in [0.2, 0.25) is 0 Å². The molecule has 1 unspecified atom stereocenters. The van der Waals surface area contributed by atoms with Crippen LogP contribution in [0.4, 0.5) is 19.4 Å². The zero-order chi connectivity index (χ0) is 29.9. The van der Waals surface area contributed by atoms with Gasteiger partial charge >= 0.3 is 6.09 Å². The summed E-state index contributed by atoms with van der Waals surface area (Å²) in [6, 6.07) is 3.05. The Labute approximate surface area is 237 Å². The number of aromatic hydroxyl groups is 1. The molecule has 2 amide bonds. The second-order valence-electron chi connectivity index (χ2n) is 12.1. The van der Waals surface area contributed by atoms with Crippen molar-refractivity contribution < 1.29 is 37.7 Å². The number of fused-ring (bicyclic) bond motifs is 2. The molecule has 0 saturated carbocycles. The molecule has 5 rings (SSSR count). The predicted molar refractivity (Wildman–Crippen MR) is 146 cm³/mol. The highest BCUT2D eigenvalue weighted by Gasteiger charge is 2.47. The molecule has 2 fully saturated rings. The molecule has 41 heavy (non-hydrogen) atoms. The maximum Gasteiger partial charge on any atom is 0.410 e. The summed E-state index contributed by atoms with van der Waals surface area (Å²) >= 11 is 0. The number of rotatable bonds is 3. The van der Waals surface area contributed by atoms with Gasteiger partial charge in [-0.3, -0.25) is 4.79 Å². The zero-order valence-corrected chi connectivity index (χ0v) is 24.2. The number of amides is 2. The molecule has 12 heteroatoms. The minimum Gasteiger partial charge on any atom is -0.507 e. The Balaban J connectivity index is 1.62. The maximum absolute atomic E-state index is 16.3. The third-order valence-corrected chi connectivity index (χ3v) is 7.97. The Hall–Kier alpha value is -3.67. The largest absolute Gasteiger partial charge is 0.507 e. The molecule has 0 aliphatic carbocycles. The Morgan fingerprint density at radius 3 is 2.54 bits per heavy atom. The fourth-order valence-electron chi connectivity index (χ4n) is 5.89. The first-order valence-electron chi connectivity index (χ1n) is 13.7. The van der Waals surface area contributed by atoms with Gasteiger partial charge in [0.2, 0.25) is 0 Å². The van der Waals surface area contributed by atoms with Crippen molar-refractivity contribution in [2.75, 3.05) is 44.8 Å². The van der Waals surface area contributed by atoms with Crippen molar-refractivity contribution in [2.45, 2.75) is 64.3 Å². The van der Waals surface area contributed by atoms with E-state index in [1.807, 2.05) is 18.7 Å². The lowest BCUT2D eigenvalue weighted by atomic mass is 9.97. The van der Waals surface area contributed by atoms with Crippen molar-refractivity contribution in [2.24, 2.45) is 0 Å². The summed E-state index contributed by atoms with van der Waals surface area (Å²) in [6.45, 7) is 10.00. The first-order chi connectivity index (χ1) is 19.2. The van der Waals surface area contributed by atoms with Gasteiger partial charge in [-0.15, -0.1) is 0 Å². The molecule has 0 spiro atoms. The molecule has 2 aromatic rings. The molecule has 3 aliphatic heterocycles. The van der Waals surface area contributed by atoms with Gasteiger partial charge in [-0.25, -0.2) is 18.6 Å². The second kappa shape index (κ2) is 10.3. The number of halogens is 2. The number of phenolic OH excluding ortho intramolecular Hbond substituents is 1. The quantitative estimate of drug-likeness (QED) is 0.582. The van der Waals surface area contributed by atoms with E-state index in [2.05, 4.69) is 4.98 Å². The van der Waals surface area contributed by atoms with Gasteiger partial charge in [0.05, 0.1) is 23.2 Å². The lowest BCUT2D eigenvalue weighted by Gasteiger charge is -2.40. The first kappa shape index (κ1) is 28.8. The third kappa shape index (κ3) is 5.02. The number of pyridine rings is 1. The molecule has 2 saturated heterocycles. The van der Waals surface area contributed by atoms with Crippen LogP contribution in [-0.4, -0.2) is 95.1 Å². The molecule has 1 aromatic carbocycles. The summed E-state index contributed by atoms with van der Waals surface area (Å²) in [6.07, 6.45) is -0.118. The molecular formula is C29H36F2N4O6. The van der Waals surface area contributed by atoms with Gasteiger partial charge in [0.25, 0.3) is 5.91 Å². The minimum atomic E-state index is -1.05. The number of carbonyl (C=O) groups excluding carboxylic acids is 2. The number of anilines is 1. The van der Waals surface area contributed by atoms with E-state index in [0.717, 1.165) is 6.07 Å². The number of methoxy groups -OCH3 is 1. The Morgan fingerprint density at radius 2 is 1.90 bits per heavy atom. The number of hydrogen-bond acceptors (Lipinski definition) is 8. The number of piperazine rings is 1. The van der Waals surface area contributed by atoms with E-state index >= 15 is 4.39 Å². The summed E-state index contributed by atoms with van der Waals surface area (Å²) in [4.78, 5) is 36.4. The van der Waals surface area contributed by atoms with Gasteiger partial charge in [-0.1, -0.05) is 6.07 Å². The van der Waals surface area contributed by atoms with Crippen LogP contribution in [-0.2, 0) is 9.47 Å². The zero-order valence-electron chi connectivity index (χ0n) is 24.2. The molecule has 4 heterocycles. The van der Waals surface area contributed by atoms with Crippen molar-refractivity contribution in [1.29, 1.82) is 0 Å². The first-order valence-corrected chi connectivity index (χ1v) is 13.7. The van der Waals surface area contributed by atoms with Crippen LogP contribution in [0.3, 0.4) is 0 Å². The predicted octanol–water partition coefficient (Wildman–Crippen LogP) is 4.19. The molecule has 1 aromatic heterocycles. The van der Waals surface area contributed by atoms with E-state index in [-0.39, 0.29) is 49.5 Å². The number of nitrogens with zero attached hydrogens (tertiary/aromatic N) is 4. The molecule has 2 atom stereocenters. The van der Waals surface area contributed by atoms with Gasteiger partial charge in [-0.05, 0) is 53.2 Å². The summed E-state index contributed by atoms with van der Waals surface area (Å²) in [5.41, 5.74) is -2.33. The van der Waals surface area contributed by atoms with Crippen molar-refractivity contribution in [3.8, 4) is 22.8 Å². The number of ether oxygens (including phenoxy) is 3. The molecule has 0 bridgehead atoms. The van der Waals surface area contributed by atoms with E-state index in [4.69, 9.17) is 14.2 Å². The summed E-state index contributed by atoms with van der Waals surface area (Å²) in [5.74, 6) is -3.18. The molecule has 222 valence electrons. The number of aromatic nitrogens is 1. The van der Waals surface area contributed by atoms with E-state index in [9.17, 15) is 19.1 Å². The Morgan fingerprint density at radius 1 is 1.17 bits per heavy atom. The molecular weight excluding hydrogens is 538 g/mol. The van der Waals surface area contributed by atoms with Crippen LogP contribution in [0.25, 0.3) is 11.3 Å². The van der Waals surface area contributed by atoms with E-state index in [1.165, 1.54) is 17.0 Å². The van der Waals surface area contributed by atoms with E-state index in [0.29, 0.717) is 13.0 Å². The van der Waals surface area contributed by atoms with Crippen molar-refractivity contribution in [1.82, 2.24) is 14.8 Å². The van der Waals surface area contributed by atoms with Crippen LogP contribution in [0.1, 0.15) is 51.4 Å². The molecule has 0 radical (unpaired) electrons. The average molecular weight is 575 g/mol. The fourth-order valence-corrected chi connectivity index (χ4v) is 5.89. The van der Waals surface area contributed by atoms with Crippen molar-refractivity contribution >= 4 is 17.8 Å². The summed E-state index contributed by atoms with van der Waals surface area (Å²) in [7, 11) is 1.60. The maximum atomic E-state index is 16.3. The van der Waals surface area contributed by atoms with Crippen molar-refractivity contribution in [3.63, 3.8) is 0 Å². The van der Waals surface area contributed by atoms with Crippen LogP contribution < -0.4 is 9.64 Å². The normalized spacial score (nSPS) is 22.1. The smallest absolute Gasteiger partial charge is 0.410 e. The highest BCUT2D eigenvalue weighted by Crippen LogP contribution is 2.45. The van der Waals surface area contributed by atoms with E-state index in [1.54, 1.807) is 32.8 Å². The number of phenols is 1. The highest BCUT2D eigenvalue weighted by atomic mass is 19.1. The average Bonchev–Trinajstić information content (AvgIpc) is 3.11. The van der Waals surface area contributed by atoms with Gasteiger partial charge in [0.1, 0.15) is 40.8 Å². The van der Waals surface area contributed by atoms with Crippen LogP contribution >= 0.6 is 0 Å². The second-order valence-corrected chi connectivity index (χ2v) is 12.1. The minimum absolute atomic E-state index is 0.0832. The van der Waals surface area contributed by atoms with Crippen LogP contribution in [0, 0.1) is 11.6 Å². The fraction of sp³-hybridized carbons (Fsp3) is 0.552. The summed E-state index contributed by atoms with van der Waals surface area (Å²) < 4.78 is 48.4. The summed E-state index contributed by atoms with van der Waals surface area (Å²) in [5, 5.41) is 10.5. The Kier molecular flexibility index (Phi) is 7.25. The standard InChI is InChI=1S/C29H36F2N4O6/c1-28(2,3)41-27(38)33-12-13-34-16(14-33)15-40-24-21(26(34)37)25(35-11-10-19(39-6)29(35,4)5)32-23(22(24)31)20-17(30)8-7-9-18(20)36/h7-9,16,19,36H,10-15H2,1-6H3/t16-,19?/m1/s1. The highest BCUT2D eigenvalue weighted by molar-refractivity contribution is 6.03. The topological polar surface area (TPSA) is 105 Å². The lowest BCUT2D eigenvalue weighted by Crippen LogP contribution is -2.58. The molecule has 1 N–H and O–H groups in total. The molecule has 3 aliphatic rings. The number of hydrogen-bond donors (Lipinski definition) is 1. The van der Waals surface area contributed by atoms with Gasteiger partial charge in [0.15, 0.2) is 11.6 Å². The van der Waals surface area contributed by atoms with Crippen LogP contribution in [0.5, 0.6) is 11.5 Å². The van der Waals surface area contributed by atoms with E-state index < -0.39 is 57.8 Å². The number of benzene rings is 1.